The SMILES string of the molecule is CC(=O)N[C@@H]1CN(C(=O)Nc2cc3ccccn3n2)C[C@H]1c1nccn1C. The van der Waals surface area contributed by atoms with Gasteiger partial charge in [0.2, 0.25) is 5.91 Å². The van der Waals surface area contributed by atoms with Gasteiger partial charge in [-0.1, -0.05) is 6.07 Å². The smallest absolute Gasteiger partial charge is 0.323 e. The first-order chi connectivity index (χ1) is 13.0. The highest BCUT2D eigenvalue weighted by atomic mass is 16.2. The molecule has 27 heavy (non-hydrogen) atoms. The van der Waals surface area contributed by atoms with E-state index in [9.17, 15) is 9.59 Å². The van der Waals surface area contributed by atoms with Crippen LogP contribution < -0.4 is 10.6 Å². The van der Waals surface area contributed by atoms with Gasteiger partial charge in [0, 0.05) is 51.7 Å². The molecule has 4 heterocycles. The van der Waals surface area contributed by atoms with Crippen LogP contribution in [0.2, 0.25) is 0 Å². The maximum absolute atomic E-state index is 12.7. The van der Waals surface area contributed by atoms with Crippen LogP contribution in [-0.2, 0) is 11.8 Å². The number of rotatable bonds is 3. The van der Waals surface area contributed by atoms with Gasteiger partial charge < -0.3 is 14.8 Å². The number of fused-ring (bicyclic) bond motifs is 1. The van der Waals surface area contributed by atoms with Crippen molar-refractivity contribution in [2.75, 3.05) is 18.4 Å². The van der Waals surface area contributed by atoms with Crippen molar-refractivity contribution in [1.29, 1.82) is 0 Å². The van der Waals surface area contributed by atoms with Crippen LogP contribution in [0.15, 0.2) is 42.9 Å². The van der Waals surface area contributed by atoms with Gasteiger partial charge in [0.05, 0.1) is 17.5 Å². The molecule has 3 amide bonds. The van der Waals surface area contributed by atoms with Crippen molar-refractivity contribution in [3.05, 3.63) is 48.7 Å². The Balaban J connectivity index is 1.51. The van der Waals surface area contributed by atoms with Crippen LogP contribution in [0.5, 0.6) is 0 Å². The van der Waals surface area contributed by atoms with Crippen LogP contribution in [0.3, 0.4) is 0 Å². The minimum Gasteiger partial charge on any atom is -0.351 e. The summed E-state index contributed by atoms with van der Waals surface area (Å²) in [6, 6.07) is 7.10. The molecule has 1 aliphatic heterocycles. The number of nitrogens with one attached hydrogen (secondary N) is 2. The molecule has 0 unspecified atom stereocenters. The van der Waals surface area contributed by atoms with E-state index in [0.29, 0.717) is 18.9 Å². The van der Waals surface area contributed by atoms with Crippen molar-refractivity contribution < 1.29 is 9.59 Å². The Morgan fingerprint density at radius 2 is 2.07 bits per heavy atom. The lowest BCUT2D eigenvalue weighted by Gasteiger charge is -2.18. The summed E-state index contributed by atoms with van der Waals surface area (Å²) in [6.07, 6.45) is 5.41. The Kier molecular flexibility index (Phi) is 4.27. The summed E-state index contributed by atoms with van der Waals surface area (Å²) in [5, 5.41) is 10.1. The number of carbonyl (C=O) groups excluding carboxylic acids is 2. The molecule has 0 aliphatic carbocycles. The summed E-state index contributed by atoms with van der Waals surface area (Å²) in [5.74, 6) is 1.14. The number of hydrogen-bond donors (Lipinski definition) is 2. The topological polar surface area (TPSA) is 96.6 Å². The predicted molar refractivity (Wildman–Crippen MR) is 99.3 cm³/mol. The van der Waals surface area contributed by atoms with E-state index in [4.69, 9.17) is 0 Å². The van der Waals surface area contributed by atoms with Crippen LogP contribution in [0, 0.1) is 0 Å². The van der Waals surface area contributed by atoms with Crippen molar-refractivity contribution in [3.63, 3.8) is 0 Å². The summed E-state index contributed by atoms with van der Waals surface area (Å²) < 4.78 is 3.62. The van der Waals surface area contributed by atoms with Gasteiger partial charge in [-0.25, -0.2) is 14.3 Å². The monoisotopic (exact) mass is 367 g/mol. The molecule has 0 aromatic carbocycles. The van der Waals surface area contributed by atoms with Gasteiger partial charge in [0.15, 0.2) is 5.82 Å². The van der Waals surface area contributed by atoms with Crippen LogP contribution >= 0.6 is 0 Å². The molecular formula is C18H21N7O2. The first kappa shape index (κ1) is 17.1. The molecule has 140 valence electrons. The quantitative estimate of drug-likeness (QED) is 0.727. The number of likely N-dealkylation sites (tertiary alicyclic amines) is 1. The zero-order chi connectivity index (χ0) is 19.0. The highest BCUT2D eigenvalue weighted by Crippen LogP contribution is 2.27. The van der Waals surface area contributed by atoms with Gasteiger partial charge in [-0.3, -0.25) is 10.1 Å². The van der Waals surface area contributed by atoms with E-state index in [1.54, 1.807) is 15.6 Å². The number of aromatic nitrogens is 4. The maximum atomic E-state index is 12.7. The Morgan fingerprint density at radius 3 is 2.78 bits per heavy atom. The van der Waals surface area contributed by atoms with Crippen LogP contribution in [0.1, 0.15) is 18.7 Å². The van der Waals surface area contributed by atoms with Crippen molar-refractivity contribution in [2.45, 2.75) is 18.9 Å². The molecule has 1 fully saturated rings. The highest BCUT2D eigenvalue weighted by Gasteiger charge is 2.38. The molecule has 1 saturated heterocycles. The summed E-state index contributed by atoms with van der Waals surface area (Å²) in [6.45, 7) is 2.36. The summed E-state index contributed by atoms with van der Waals surface area (Å²) >= 11 is 0. The van der Waals surface area contributed by atoms with E-state index in [0.717, 1.165) is 11.3 Å². The zero-order valence-electron chi connectivity index (χ0n) is 15.2. The van der Waals surface area contributed by atoms with Crippen LogP contribution in [0.25, 0.3) is 5.52 Å². The van der Waals surface area contributed by atoms with Gasteiger partial charge in [-0.15, -0.1) is 5.10 Å². The molecule has 9 nitrogen and oxygen atoms in total. The molecule has 4 rings (SSSR count). The van der Waals surface area contributed by atoms with Crippen molar-refractivity contribution >= 4 is 23.3 Å². The Labute approximate surface area is 156 Å². The molecule has 9 heteroatoms. The van der Waals surface area contributed by atoms with Crippen LogP contribution in [0.4, 0.5) is 10.6 Å². The molecule has 0 spiro atoms. The highest BCUT2D eigenvalue weighted by molar-refractivity contribution is 5.89. The molecule has 3 aromatic rings. The molecular weight excluding hydrogens is 346 g/mol. The van der Waals surface area contributed by atoms with Gasteiger partial charge >= 0.3 is 6.03 Å². The van der Waals surface area contributed by atoms with Crippen molar-refractivity contribution in [3.8, 4) is 0 Å². The fourth-order valence-electron chi connectivity index (χ4n) is 3.56. The molecule has 2 atom stereocenters. The number of aryl methyl sites for hydroxylation is 1. The number of anilines is 1. The number of imidazole rings is 1. The van der Waals surface area contributed by atoms with E-state index in [-0.39, 0.29) is 23.9 Å². The first-order valence-corrected chi connectivity index (χ1v) is 8.76. The third-order valence-electron chi connectivity index (χ3n) is 4.79. The minimum atomic E-state index is -0.245. The van der Waals surface area contributed by atoms with Crippen molar-refractivity contribution in [2.24, 2.45) is 7.05 Å². The molecule has 1 aliphatic rings. The number of urea groups is 1. The maximum Gasteiger partial charge on any atom is 0.323 e. The van der Waals surface area contributed by atoms with Gasteiger partial charge in [0.1, 0.15) is 5.82 Å². The molecule has 2 N–H and O–H groups in total. The number of amides is 3. The lowest BCUT2D eigenvalue weighted by Crippen LogP contribution is -2.40. The first-order valence-electron chi connectivity index (χ1n) is 8.76. The van der Waals surface area contributed by atoms with E-state index in [1.807, 2.05) is 48.3 Å². The normalized spacial score (nSPS) is 19.4. The number of pyridine rings is 1. The van der Waals surface area contributed by atoms with Gasteiger partial charge in [0.25, 0.3) is 0 Å². The fraction of sp³-hybridized carbons (Fsp3) is 0.333. The second-order valence-electron chi connectivity index (χ2n) is 6.74. The Bertz CT molecular complexity index is 959. The lowest BCUT2D eigenvalue weighted by atomic mass is 10.0. The van der Waals surface area contributed by atoms with E-state index < -0.39 is 0 Å². The largest absolute Gasteiger partial charge is 0.351 e. The standard InChI is InChI=1S/C18H21N7O2/c1-12(26)20-15-11-24(10-14(15)17-19-6-8-23(17)2)18(27)21-16-9-13-5-3-4-7-25(13)22-16/h3-9,14-15H,10-11H2,1-2H3,(H,20,26)(H,21,22,27)/t14-,15-/m1/s1. The molecule has 3 aromatic heterocycles. The lowest BCUT2D eigenvalue weighted by molar-refractivity contribution is -0.119. The minimum absolute atomic E-state index is 0.0688. The predicted octanol–water partition coefficient (Wildman–Crippen LogP) is 1.20. The van der Waals surface area contributed by atoms with E-state index in [1.165, 1.54) is 6.92 Å². The third kappa shape index (κ3) is 3.35. The molecule has 0 bridgehead atoms. The summed E-state index contributed by atoms with van der Waals surface area (Å²) in [5.41, 5.74) is 0.899. The second-order valence-corrected chi connectivity index (χ2v) is 6.74. The van der Waals surface area contributed by atoms with Crippen molar-refractivity contribution in [1.82, 2.24) is 29.4 Å². The van der Waals surface area contributed by atoms with Gasteiger partial charge in [-0.05, 0) is 12.1 Å². The zero-order valence-corrected chi connectivity index (χ0v) is 15.2. The average Bonchev–Trinajstić information content (AvgIpc) is 3.31. The number of carbonyl (C=O) groups is 2. The average molecular weight is 367 g/mol. The Hall–Kier alpha value is -3.36. The van der Waals surface area contributed by atoms with E-state index in [2.05, 4.69) is 20.7 Å². The summed E-state index contributed by atoms with van der Waals surface area (Å²) in [4.78, 5) is 30.4. The van der Waals surface area contributed by atoms with Gasteiger partial charge in [-0.2, -0.15) is 0 Å². The Morgan fingerprint density at radius 1 is 1.22 bits per heavy atom. The number of nitrogens with zero attached hydrogens (tertiary/aromatic N) is 5. The van der Waals surface area contributed by atoms with E-state index >= 15 is 0 Å². The number of hydrogen-bond acceptors (Lipinski definition) is 4. The molecule has 0 saturated carbocycles. The third-order valence-corrected chi connectivity index (χ3v) is 4.79. The second kappa shape index (κ2) is 6.75. The summed E-state index contributed by atoms with van der Waals surface area (Å²) in [7, 11) is 1.91. The fourth-order valence-corrected chi connectivity index (χ4v) is 3.56. The molecule has 0 radical (unpaired) electrons. The van der Waals surface area contributed by atoms with Crippen LogP contribution in [-0.4, -0.2) is 55.1 Å².